The molecule has 2 fully saturated rings. The van der Waals surface area contributed by atoms with Crippen molar-refractivity contribution in [1.82, 2.24) is 5.32 Å². The molecule has 4 aliphatic carbocycles. The maximum Gasteiger partial charge on any atom is 0.0372 e. The van der Waals surface area contributed by atoms with Crippen molar-refractivity contribution in [3.8, 4) is 0 Å². The highest BCUT2D eigenvalue weighted by atomic mass is 15.1. The Hall–Kier alpha value is -2.06. The molecule has 0 amide bonds. The van der Waals surface area contributed by atoms with E-state index in [4.69, 9.17) is 0 Å². The van der Waals surface area contributed by atoms with Crippen molar-refractivity contribution < 1.29 is 0 Å². The summed E-state index contributed by atoms with van der Waals surface area (Å²) in [7, 11) is 0. The molecule has 1 N–H and O–H groups in total. The number of nitrogens with zero attached hydrogens (tertiary/aromatic N) is 1. The van der Waals surface area contributed by atoms with Crippen molar-refractivity contribution in [2.45, 2.75) is 90.9 Å². The van der Waals surface area contributed by atoms with Gasteiger partial charge in [0, 0.05) is 18.8 Å². The predicted octanol–water partition coefficient (Wildman–Crippen LogP) is 9.39. The van der Waals surface area contributed by atoms with Gasteiger partial charge in [-0.15, -0.1) is 0 Å². The average molecular weight is 565 g/mol. The average Bonchev–Trinajstić information content (AvgIpc) is 3.58. The molecule has 1 saturated carbocycles. The molecule has 226 valence electrons. The molecule has 0 aromatic heterocycles. The van der Waals surface area contributed by atoms with Crippen molar-refractivity contribution in [1.29, 1.82) is 0 Å². The van der Waals surface area contributed by atoms with Gasteiger partial charge in [-0.3, -0.25) is 0 Å². The van der Waals surface area contributed by atoms with E-state index in [0.717, 1.165) is 29.6 Å². The zero-order valence-electron chi connectivity index (χ0n) is 26.6. The second-order valence-corrected chi connectivity index (χ2v) is 15.0. The summed E-state index contributed by atoms with van der Waals surface area (Å²) in [6.45, 7) is 9.97. The SMILES string of the molecule is C/C1=C\CC(C2C=C3CCC=CC3CC2)CN(c2ccc3c(c2)C=CCC3)CC(C2CCNC2)[C@H]2CCCCC2C1C. The van der Waals surface area contributed by atoms with Crippen molar-refractivity contribution in [2.24, 2.45) is 47.3 Å². The number of allylic oxidation sites excluding steroid dienone is 7. The van der Waals surface area contributed by atoms with E-state index in [0.29, 0.717) is 17.8 Å². The van der Waals surface area contributed by atoms with Crippen molar-refractivity contribution in [3.63, 3.8) is 0 Å². The minimum atomic E-state index is 0.681. The highest BCUT2D eigenvalue weighted by Gasteiger charge is 2.41. The molecule has 2 heterocycles. The smallest absolute Gasteiger partial charge is 0.0372 e. The summed E-state index contributed by atoms with van der Waals surface area (Å²) in [6.07, 6.45) is 31.2. The molecule has 2 aliphatic heterocycles. The molecule has 2 heteroatoms. The van der Waals surface area contributed by atoms with E-state index in [1.807, 2.05) is 0 Å². The lowest BCUT2D eigenvalue weighted by Crippen LogP contribution is -2.44. The summed E-state index contributed by atoms with van der Waals surface area (Å²) in [5.41, 5.74) is 7.95. The maximum atomic E-state index is 3.79. The Balaban J connectivity index is 1.29. The highest BCUT2D eigenvalue weighted by molar-refractivity contribution is 5.63. The number of anilines is 1. The van der Waals surface area contributed by atoms with Crippen molar-refractivity contribution in [2.75, 3.05) is 31.1 Å². The number of rotatable bonds is 3. The first-order chi connectivity index (χ1) is 20.6. The van der Waals surface area contributed by atoms with Crippen LogP contribution in [0, 0.1) is 47.3 Å². The molecule has 6 aliphatic rings. The third kappa shape index (κ3) is 5.99. The van der Waals surface area contributed by atoms with Gasteiger partial charge in [0.1, 0.15) is 0 Å². The Morgan fingerprint density at radius 2 is 1.74 bits per heavy atom. The van der Waals surface area contributed by atoms with Crippen molar-refractivity contribution in [3.05, 3.63) is 70.9 Å². The van der Waals surface area contributed by atoms with Crippen LogP contribution < -0.4 is 10.2 Å². The van der Waals surface area contributed by atoms with Crippen molar-refractivity contribution >= 4 is 11.8 Å². The fourth-order valence-electron chi connectivity index (χ4n) is 10.1. The standard InChI is InChI=1S/C40H56N2/c1-28-15-16-36(34-18-17-30-9-3-5-11-32(30)23-34)26-42(37-20-19-31-10-4-6-12-33(31)24-37)27-40(35-21-22-41-25-35)39-14-8-7-13-38(39)29(28)2/h3,6,9,12,15,19-20,23-24,29-30,34-36,38-41H,4-5,7-8,10-11,13-14,16-18,21-22,25-27H2,1-2H3/b28-15+/t29?,30?,34?,35?,36?,38?,39-,40?/m0/s1. The minimum absolute atomic E-state index is 0.681. The molecule has 7 unspecified atom stereocenters. The normalized spacial score (nSPS) is 38.4. The monoisotopic (exact) mass is 564 g/mol. The van der Waals surface area contributed by atoms with Crippen LogP contribution in [0.25, 0.3) is 6.08 Å². The van der Waals surface area contributed by atoms with Crippen LogP contribution in [0.1, 0.15) is 95.6 Å². The summed E-state index contributed by atoms with van der Waals surface area (Å²) in [6, 6.07) is 7.54. The number of aryl methyl sites for hydroxylation is 1. The van der Waals surface area contributed by atoms with Crippen LogP contribution in [-0.4, -0.2) is 26.2 Å². The Morgan fingerprint density at radius 3 is 2.62 bits per heavy atom. The topological polar surface area (TPSA) is 15.3 Å². The van der Waals surface area contributed by atoms with Gasteiger partial charge in [-0.05, 0) is 155 Å². The largest absolute Gasteiger partial charge is 0.371 e. The lowest BCUT2D eigenvalue weighted by atomic mass is 9.63. The third-order valence-corrected chi connectivity index (χ3v) is 12.8. The number of fused-ring (bicyclic) bond motifs is 3. The van der Waals surface area contributed by atoms with Gasteiger partial charge in [-0.1, -0.05) is 73.4 Å². The van der Waals surface area contributed by atoms with Gasteiger partial charge in [0.25, 0.3) is 0 Å². The molecule has 8 atom stereocenters. The molecular weight excluding hydrogens is 508 g/mol. The number of hydrogen-bond acceptors (Lipinski definition) is 2. The Kier molecular flexibility index (Phi) is 8.81. The number of benzene rings is 1. The maximum absolute atomic E-state index is 3.79. The molecule has 1 aromatic carbocycles. The zero-order valence-corrected chi connectivity index (χ0v) is 26.6. The van der Waals surface area contributed by atoms with Crippen LogP contribution >= 0.6 is 0 Å². The van der Waals surface area contributed by atoms with Crippen LogP contribution in [0.5, 0.6) is 0 Å². The Labute approximate surface area is 256 Å². The van der Waals surface area contributed by atoms with Crippen LogP contribution in [-0.2, 0) is 6.42 Å². The molecular formula is C40H56N2. The first kappa shape index (κ1) is 28.7. The van der Waals surface area contributed by atoms with E-state index in [2.05, 4.69) is 78.7 Å². The van der Waals surface area contributed by atoms with Gasteiger partial charge < -0.3 is 10.2 Å². The summed E-state index contributed by atoms with van der Waals surface area (Å²) < 4.78 is 0. The van der Waals surface area contributed by atoms with Gasteiger partial charge in [-0.25, -0.2) is 0 Å². The quantitative estimate of drug-likeness (QED) is 0.368. The predicted molar refractivity (Wildman–Crippen MR) is 180 cm³/mol. The lowest BCUT2D eigenvalue weighted by molar-refractivity contribution is 0.0968. The first-order valence-corrected chi connectivity index (χ1v) is 17.9. The van der Waals surface area contributed by atoms with Gasteiger partial charge in [0.15, 0.2) is 0 Å². The summed E-state index contributed by atoms with van der Waals surface area (Å²) in [5, 5.41) is 3.79. The van der Waals surface area contributed by atoms with E-state index >= 15 is 0 Å². The number of hydrogen-bond donors (Lipinski definition) is 1. The fraction of sp³-hybridized carbons (Fsp3) is 0.650. The second kappa shape index (κ2) is 12.9. The minimum Gasteiger partial charge on any atom is -0.371 e. The molecule has 0 spiro atoms. The lowest BCUT2D eigenvalue weighted by Gasteiger charge is -2.45. The Bertz CT molecular complexity index is 1210. The van der Waals surface area contributed by atoms with E-state index in [-0.39, 0.29) is 0 Å². The van der Waals surface area contributed by atoms with Crippen LogP contribution in [0.15, 0.2) is 59.7 Å². The van der Waals surface area contributed by atoms with E-state index in [1.165, 1.54) is 114 Å². The van der Waals surface area contributed by atoms with E-state index < -0.39 is 0 Å². The van der Waals surface area contributed by atoms with Gasteiger partial charge in [-0.2, -0.15) is 0 Å². The summed E-state index contributed by atoms with van der Waals surface area (Å²) in [5.74, 6) is 6.12. The van der Waals surface area contributed by atoms with Crippen LogP contribution in [0.4, 0.5) is 5.69 Å². The molecule has 1 aromatic rings. The van der Waals surface area contributed by atoms with Gasteiger partial charge in [0.2, 0.25) is 0 Å². The van der Waals surface area contributed by atoms with E-state index in [1.54, 1.807) is 16.7 Å². The van der Waals surface area contributed by atoms with Gasteiger partial charge >= 0.3 is 0 Å². The van der Waals surface area contributed by atoms with Crippen LogP contribution in [0.2, 0.25) is 0 Å². The molecule has 0 bridgehead atoms. The molecule has 42 heavy (non-hydrogen) atoms. The number of nitrogens with one attached hydrogen (secondary N) is 1. The summed E-state index contributed by atoms with van der Waals surface area (Å²) in [4.78, 5) is 2.92. The molecule has 1 saturated heterocycles. The Morgan fingerprint density at radius 1 is 0.857 bits per heavy atom. The first-order valence-electron chi connectivity index (χ1n) is 17.9. The molecule has 7 rings (SSSR count). The zero-order chi connectivity index (χ0) is 28.5. The fourth-order valence-corrected chi connectivity index (χ4v) is 10.1. The molecule has 2 nitrogen and oxygen atoms in total. The van der Waals surface area contributed by atoms with E-state index in [9.17, 15) is 0 Å². The summed E-state index contributed by atoms with van der Waals surface area (Å²) >= 11 is 0. The second-order valence-electron chi connectivity index (χ2n) is 15.0. The highest BCUT2D eigenvalue weighted by Crippen LogP contribution is 2.47. The van der Waals surface area contributed by atoms with Crippen LogP contribution in [0.3, 0.4) is 0 Å². The van der Waals surface area contributed by atoms with Gasteiger partial charge in [0.05, 0.1) is 0 Å². The molecule has 0 radical (unpaired) electrons. The third-order valence-electron chi connectivity index (χ3n) is 12.8.